The molecule has 0 saturated carbocycles. The van der Waals surface area contributed by atoms with Crippen LogP contribution in [-0.2, 0) is 21.7 Å². The molecule has 0 spiro atoms. The molecule has 0 aliphatic carbocycles. The maximum absolute atomic E-state index is 13.1. The zero-order chi connectivity index (χ0) is 18.5. The van der Waals surface area contributed by atoms with Crippen molar-refractivity contribution in [3.05, 3.63) is 96.6 Å². The summed E-state index contributed by atoms with van der Waals surface area (Å²) >= 11 is 0. The Morgan fingerprint density at radius 1 is 0.593 bits per heavy atom. The molecular weight excluding hydrogens is 392 g/mol. The van der Waals surface area contributed by atoms with E-state index in [-0.39, 0.29) is 21.7 Å². The molecule has 0 aliphatic heterocycles. The molecule has 2 heterocycles. The van der Waals surface area contributed by atoms with Gasteiger partial charge in [-0.15, -0.1) is 24.3 Å². The molecule has 0 atom stereocenters. The van der Waals surface area contributed by atoms with E-state index < -0.39 is 23.3 Å². The van der Waals surface area contributed by atoms with Crippen LogP contribution in [0.1, 0.15) is 0 Å². The molecule has 2 aromatic carbocycles. The van der Waals surface area contributed by atoms with Crippen molar-refractivity contribution in [2.75, 3.05) is 0 Å². The number of aromatic nitrogens is 2. The Hall–Kier alpha value is -2.57. The molecule has 0 bridgehead atoms. The van der Waals surface area contributed by atoms with Crippen LogP contribution in [0, 0.1) is 35.4 Å². The van der Waals surface area contributed by atoms with Gasteiger partial charge in [0.25, 0.3) is 0 Å². The molecule has 2 nitrogen and oxygen atoms in total. The zero-order valence-corrected chi connectivity index (χ0v) is 15.3. The molecular formula is C20H12F4N2Ti. The quantitative estimate of drug-likeness (QED) is 0.251. The van der Waals surface area contributed by atoms with Gasteiger partial charge in [0.2, 0.25) is 0 Å². The fourth-order valence-corrected chi connectivity index (χ4v) is 2.32. The van der Waals surface area contributed by atoms with Crippen LogP contribution in [0.15, 0.2) is 61.2 Å². The first kappa shape index (κ1) is 20.7. The third kappa shape index (κ3) is 5.22. The summed E-state index contributed by atoms with van der Waals surface area (Å²) in [5.41, 5.74) is 2.08. The number of H-pyrrole nitrogens is 2. The summed E-state index contributed by atoms with van der Waals surface area (Å²) in [6.45, 7) is 0. The van der Waals surface area contributed by atoms with Crippen molar-refractivity contribution in [1.29, 1.82) is 0 Å². The number of benzene rings is 2. The predicted octanol–water partition coefficient (Wildman–Crippen LogP) is 5.52. The zero-order valence-electron chi connectivity index (χ0n) is 13.8. The Balaban J connectivity index is 0.000000187. The molecule has 4 rings (SSSR count). The standard InChI is InChI=1S/2C10H6F2N.Ti/c2*11-8-1-2-9(10(12)5-8)7-3-4-13-6-7;/h2*1-4,6,13H;/q2*-1;+2. The first-order valence-electron chi connectivity index (χ1n) is 7.55. The largest absolute Gasteiger partial charge is 2.00 e. The number of hydrogen-bond acceptors (Lipinski definition) is 0. The van der Waals surface area contributed by atoms with Gasteiger partial charge in [0, 0.05) is 35.7 Å². The van der Waals surface area contributed by atoms with E-state index in [1.54, 1.807) is 36.9 Å². The minimum Gasteiger partial charge on any atom is -0.368 e. The van der Waals surface area contributed by atoms with Gasteiger partial charge in [-0.2, -0.15) is 12.1 Å². The predicted molar refractivity (Wildman–Crippen MR) is 90.0 cm³/mol. The van der Waals surface area contributed by atoms with Crippen LogP contribution in [0.25, 0.3) is 22.3 Å². The van der Waals surface area contributed by atoms with E-state index in [1.807, 2.05) is 12.1 Å². The summed E-state index contributed by atoms with van der Waals surface area (Å²) in [5, 5.41) is 0. The van der Waals surface area contributed by atoms with E-state index >= 15 is 0 Å². The van der Waals surface area contributed by atoms with Gasteiger partial charge in [-0.3, -0.25) is 0 Å². The SMILES string of the molecule is Fc1[c-]c(F)c(-c2cc[nH]c2)cc1.Fc1[c-]c(F)c(-c2cc[nH]c2)cc1.[Ti+2]. The molecule has 134 valence electrons. The molecule has 2 N–H and O–H groups in total. The fraction of sp³-hybridized carbons (Fsp3) is 0. The van der Waals surface area contributed by atoms with Crippen molar-refractivity contribution in [1.82, 2.24) is 9.97 Å². The molecule has 0 saturated heterocycles. The Morgan fingerprint density at radius 2 is 1.00 bits per heavy atom. The maximum Gasteiger partial charge on any atom is 2.00 e. The van der Waals surface area contributed by atoms with Gasteiger partial charge < -0.3 is 9.97 Å². The van der Waals surface area contributed by atoms with E-state index in [2.05, 4.69) is 9.97 Å². The van der Waals surface area contributed by atoms with E-state index in [9.17, 15) is 17.6 Å². The monoisotopic (exact) mass is 404 g/mol. The van der Waals surface area contributed by atoms with Crippen molar-refractivity contribution in [3.8, 4) is 22.3 Å². The summed E-state index contributed by atoms with van der Waals surface area (Å²) < 4.78 is 51.2. The van der Waals surface area contributed by atoms with Crippen LogP contribution in [0.2, 0.25) is 0 Å². The van der Waals surface area contributed by atoms with Crippen molar-refractivity contribution < 1.29 is 39.3 Å². The van der Waals surface area contributed by atoms with Gasteiger partial charge in [-0.05, 0) is 24.5 Å². The second-order valence-electron chi connectivity index (χ2n) is 5.27. The van der Waals surface area contributed by atoms with Crippen molar-refractivity contribution in [2.45, 2.75) is 0 Å². The fourth-order valence-electron chi connectivity index (χ4n) is 2.32. The molecule has 7 heteroatoms. The first-order chi connectivity index (χ1) is 12.5. The third-order valence-electron chi connectivity index (χ3n) is 3.54. The van der Waals surface area contributed by atoms with Crippen LogP contribution in [0.5, 0.6) is 0 Å². The van der Waals surface area contributed by atoms with E-state index in [4.69, 9.17) is 0 Å². The molecule has 0 unspecified atom stereocenters. The van der Waals surface area contributed by atoms with Crippen LogP contribution in [-0.4, -0.2) is 9.97 Å². The molecule has 27 heavy (non-hydrogen) atoms. The Labute approximate surface area is 168 Å². The molecule has 0 fully saturated rings. The van der Waals surface area contributed by atoms with Crippen LogP contribution in [0.4, 0.5) is 17.6 Å². The molecule has 2 aromatic heterocycles. The minimum absolute atomic E-state index is 0. The van der Waals surface area contributed by atoms with E-state index in [0.29, 0.717) is 22.3 Å². The third-order valence-corrected chi connectivity index (χ3v) is 3.54. The van der Waals surface area contributed by atoms with Gasteiger partial charge >= 0.3 is 21.7 Å². The molecule has 0 radical (unpaired) electrons. The number of rotatable bonds is 2. The van der Waals surface area contributed by atoms with E-state index in [1.165, 1.54) is 24.3 Å². The van der Waals surface area contributed by atoms with Crippen molar-refractivity contribution >= 4 is 0 Å². The van der Waals surface area contributed by atoms with Crippen LogP contribution >= 0.6 is 0 Å². The summed E-state index contributed by atoms with van der Waals surface area (Å²) in [4.78, 5) is 5.59. The van der Waals surface area contributed by atoms with Gasteiger partial charge in [0.05, 0.1) is 0 Å². The normalized spacial score (nSPS) is 9.93. The van der Waals surface area contributed by atoms with Gasteiger partial charge in [-0.1, -0.05) is 22.3 Å². The number of hydrogen-bond donors (Lipinski definition) is 2. The Morgan fingerprint density at radius 3 is 1.30 bits per heavy atom. The van der Waals surface area contributed by atoms with E-state index in [0.717, 1.165) is 0 Å². The summed E-state index contributed by atoms with van der Waals surface area (Å²) in [5.74, 6) is -2.70. The summed E-state index contributed by atoms with van der Waals surface area (Å²) in [7, 11) is 0. The average molecular weight is 404 g/mol. The summed E-state index contributed by atoms with van der Waals surface area (Å²) in [6.07, 6.45) is 6.64. The second-order valence-corrected chi connectivity index (χ2v) is 5.27. The first-order valence-corrected chi connectivity index (χ1v) is 7.55. The topological polar surface area (TPSA) is 31.6 Å². The number of halogens is 4. The number of nitrogens with one attached hydrogen (secondary N) is 2. The second kappa shape index (κ2) is 9.39. The minimum atomic E-state index is -0.684. The molecule has 4 aromatic rings. The molecule has 0 aliphatic rings. The van der Waals surface area contributed by atoms with Gasteiger partial charge in [0.15, 0.2) is 0 Å². The van der Waals surface area contributed by atoms with Crippen molar-refractivity contribution in [2.24, 2.45) is 0 Å². The Kier molecular flexibility index (Phi) is 7.22. The average Bonchev–Trinajstić information content (AvgIpc) is 3.29. The Bertz CT molecular complexity index is 902. The van der Waals surface area contributed by atoms with Crippen molar-refractivity contribution in [3.63, 3.8) is 0 Å². The smallest absolute Gasteiger partial charge is 0.368 e. The summed E-state index contributed by atoms with van der Waals surface area (Å²) in [6, 6.07) is 12.5. The molecule has 0 amide bonds. The number of aromatic amines is 2. The van der Waals surface area contributed by atoms with Crippen LogP contribution < -0.4 is 0 Å². The van der Waals surface area contributed by atoms with Gasteiger partial charge in [0.1, 0.15) is 0 Å². The van der Waals surface area contributed by atoms with Gasteiger partial charge in [-0.25, -0.2) is 17.6 Å². The van der Waals surface area contributed by atoms with Crippen LogP contribution in [0.3, 0.4) is 0 Å². The maximum atomic E-state index is 13.1.